The van der Waals surface area contributed by atoms with E-state index in [1.54, 1.807) is 30.6 Å². The van der Waals surface area contributed by atoms with Crippen LogP contribution in [0.5, 0.6) is 0 Å². The first kappa shape index (κ1) is 19.9. The molecule has 0 bridgehead atoms. The number of hydrogen-bond acceptors (Lipinski definition) is 4. The van der Waals surface area contributed by atoms with Crippen LogP contribution in [0.25, 0.3) is 0 Å². The van der Waals surface area contributed by atoms with Gasteiger partial charge in [-0.1, -0.05) is 29.3 Å². The van der Waals surface area contributed by atoms with Crippen LogP contribution in [0.4, 0.5) is 5.69 Å². The number of rotatable bonds is 4. The fourth-order valence-corrected chi connectivity index (χ4v) is 4.51. The predicted octanol–water partition coefficient (Wildman–Crippen LogP) is 5.25. The fourth-order valence-electron chi connectivity index (χ4n) is 3.97. The second kappa shape index (κ2) is 7.91. The largest absolute Gasteiger partial charge is 0.344 e. The van der Waals surface area contributed by atoms with Gasteiger partial charge in [-0.2, -0.15) is 0 Å². The lowest BCUT2D eigenvalue weighted by atomic mass is 9.97. The number of nitrogens with one attached hydrogen (secondary N) is 1. The van der Waals surface area contributed by atoms with Crippen LogP contribution < -0.4 is 5.32 Å². The number of carbonyl (C=O) groups is 1. The van der Waals surface area contributed by atoms with E-state index in [-0.39, 0.29) is 11.9 Å². The minimum absolute atomic E-state index is 0.192. The van der Waals surface area contributed by atoms with E-state index in [9.17, 15) is 4.79 Å². The van der Waals surface area contributed by atoms with Gasteiger partial charge in [0, 0.05) is 40.0 Å². The Morgan fingerprint density at radius 2 is 1.77 bits per heavy atom. The molecule has 3 heterocycles. The van der Waals surface area contributed by atoms with Crippen LogP contribution >= 0.6 is 23.2 Å². The highest BCUT2D eigenvalue weighted by atomic mass is 35.5. The minimum atomic E-state index is -0.245. The first-order valence-corrected chi connectivity index (χ1v) is 10.7. The number of benzene rings is 2. The topological polar surface area (TPSA) is 66.7 Å². The third-order valence-electron chi connectivity index (χ3n) is 5.53. The molecule has 0 unspecified atom stereocenters. The molecule has 5 rings (SSSR count). The first-order chi connectivity index (χ1) is 15.0. The Kier molecular flexibility index (Phi) is 5.08. The van der Waals surface area contributed by atoms with Crippen molar-refractivity contribution in [1.82, 2.24) is 10.3 Å². The summed E-state index contributed by atoms with van der Waals surface area (Å²) < 4.78 is 0. The van der Waals surface area contributed by atoms with Gasteiger partial charge < -0.3 is 5.32 Å². The molecule has 0 saturated carbocycles. The van der Waals surface area contributed by atoms with Gasteiger partial charge in [0.2, 0.25) is 0 Å². The summed E-state index contributed by atoms with van der Waals surface area (Å²) in [7, 11) is 0. The molecule has 0 spiro atoms. The highest BCUT2D eigenvalue weighted by molar-refractivity contribution is 6.41. The van der Waals surface area contributed by atoms with E-state index >= 15 is 0 Å². The van der Waals surface area contributed by atoms with Crippen LogP contribution in [-0.4, -0.2) is 22.3 Å². The Hall–Kier alpha value is -3.02. The van der Waals surface area contributed by atoms with E-state index < -0.39 is 0 Å². The Morgan fingerprint density at radius 3 is 2.52 bits per heavy atom. The summed E-state index contributed by atoms with van der Waals surface area (Å²) in [6, 6.07) is 13.1. The van der Waals surface area contributed by atoms with Crippen molar-refractivity contribution < 1.29 is 4.79 Å². The number of aliphatic imine (C=N–C) groups is 2. The molecular formula is C24H18Cl2N4O. The van der Waals surface area contributed by atoms with E-state index in [4.69, 9.17) is 28.2 Å². The van der Waals surface area contributed by atoms with E-state index in [0.717, 1.165) is 39.2 Å². The zero-order valence-corrected chi connectivity index (χ0v) is 18.2. The number of aromatic nitrogens is 1. The highest BCUT2D eigenvalue weighted by Gasteiger charge is 2.26. The van der Waals surface area contributed by atoms with Crippen molar-refractivity contribution in [2.45, 2.75) is 25.9 Å². The quantitative estimate of drug-likeness (QED) is 0.592. The molecular weight excluding hydrogens is 431 g/mol. The van der Waals surface area contributed by atoms with Gasteiger partial charge in [-0.25, -0.2) is 4.99 Å². The van der Waals surface area contributed by atoms with Gasteiger partial charge >= 0.3 is 0 Å². The third kappa shape index (κ3) is 3.87. The van der Waals surface area contributed by atoms with Crippen LogP contribution in [0.2, 0.25) is 10.0 Å². The van der Waals surface area contributed by atoms with Gasteiger partial charge in [-0.05, 0) is 60.0 Å². The summed E-state index contributed by atoms with van der Waals surface area (Å²) in [4.78, 5) is 26.3. The number of carbonyl (C=O) groups excluding carboxylic acids is 1. The average molecular weight is 449 g/mol. The summed E-state index contributed by atoms with van der Waals surface area (Å²) >= 11 is 12.2. The van der Waals surface area contributed by atoms with Crippen LogP contribution in [0.15, 0.2) is 64.8 Å². The zero-order chi connectivity index (χ0) is 21.5. The van der Waals surface area contributed by atoms with Crippen LogP contribution in [0, 0.1) is 0 Å². The van der Waals surface area contributed by atoms with E-state index in [1.807, 2.05) is 25.1 Å². The normalized spacial score (nSPS) is 15.1. The molecule has 2 aromatic carbocycles. The van der Waals surface area contributed by atoms with Gasteiger partial charge in [0.1, 0.15) is 5.71 Å². The standard InChI is InChI=1S/C24H18Cl2N4O/c1-13(15-7-18(25)10-19(26)8-15)29-24(31)22-9-16-6-17-12-28-23(14-2-4-27-5-3-14)20(17)11-21(16)30-22/h2-8,10-11,13H,9,12H2,1H3,(H,29,31)/t13-/m1/s1. The Labute approximate surface area is 189 Å². The van der Waals surface area contributed by atoms with Crippen molar-refractivity contribution in [1.29, 1.82) is 0 Å². The van der Waals surface area contributed by atoms with Gasteiger partial charge in [0.25, 0.3) is 5.91 Å². The van der Waals surface area contributed by atoms with Crippen molar-refractivity contribution >= 4 is 46.2 Å². The summed E-state index contributed by atoms with van der Waals surface area (Å²) in [6.45, 7) is 2.53. The van der Waals surface area contributed by atoms with Crippen LogP contribution in [0.1, 0.15) is 40.8 Å². The van der Waals surface area contributed by atoms with Gasteiger partial charge in [0.15, 0.2) is 0 Å². The Morgan fingerprint density at radius 1 is 1.03 bits per heavy atom. The molecule has 154 valence electrons. The molecule has 31 heavy (non-hydrogen) atoms. The zero-order valence-electron chi connectivity index (χ0n) is 16.7. The molecule has 2 aliphatic rings. The van der Waals surface area contributed by atoms with Crippen LogP contribution in [-0.2, 0) is 17.8 Å². The molecule has 0 fully saturated rings. The molecule has 0 radical (unpaired) electrons. The van der Waals surface area contributed by atoms with Gasteiger partial charge in [0.05, 0.1) is 24.0 Å². The number of amides is 1. The van der Waals surface area contributed by atoms with Crippen molar-refractivity contribution in [3.63, 3.8) is 0 Å². The predicted molar refractivity (Wildman–Crippen MR) is 124 cm³/mol. The second-order valence-electron chi connectivity index (χ2n) is 7.67. The number of hydrogen-bond donors (Lipinski definition) is 1. The molecule has 1 amide bonds. The molecule has 1 atom stereocenters. The molecule has 1 N–H and O–H groups in total. The maximum absolute atomic E-state index is 12.9. The molecule has 1 aromatic heterocycles. The average Bonchev–Trinajstić information content (AvgIpc) is 3.35. The molecule has 3 aromatic rings. The first-order valence-electron chi connectivity index (χ1n) is 9.93. The Bertz CT molecular complexity index is 1250. The maximum Gasteiger partial charge on any atom is 0.266 e. The lowest BCUT2D eigenvalue weighted by molar-refractivity contribution is -0.115. The van der Waals surface area contributed by atoms with E-state index in [1.165, 1.54) is 0 Å². The minimum Gasteiger partial charge on any atom is -0.344 e. The molecule has 5 nitrogen and oxygen atoms in total. The van der Waals surface area contributed by atoms with Crippen molar-refractivity contribution in [3.05, 3.63) is 92.7 Å². The highest BCUT2D eigenvalue weighted by Crippen LogP contribution is 2.34. The van der Waals surface area contributed by atoms with Gasteiger partial charge in [-0.3, -0.25) is 14.8 Å². The molecule has 7 heteroatoms. The fraction of sp³-hybridized carbons (Fsp3) is 0.167. The monoisotopic (exact) mass is 448 g/mol. The smallest absolute Gasteiger partial charge is 0.266 e. The van der Waals surface area contributed by atoms with Gasteiger partial charge in [-0.15, -0.1) is 0 Å². The van der Waals surface area contributed by atoms with E-state index in [0.29, 0.717) is 28.7 Å². The molecule has 0 saturated heterocycles. The molecule has 2 aliphatic heterocycles. The maximum atomic E-state index is 12.9. The summed E-state index contributed by atoms with van der Waals surface area (Å²) in [5.41, 5.74) is 7.42. The number of fused-ring (bicyclic) bond motifs is 2. The summed E-state index contributed by atoms with van der Waals surface area (Å²) in [6.07, 6.45) is 4.03. The van der Waals surface area contributed by atoms with Crippen molar-refractivity contribution in [2.24, 2.45) is 9.98 Å². The lowest BCUT2D eigenvalue weighted by Gasteiger charge is -2.15. The second-order valence-corrected chi connectivity index (χ2v) is 8.54. The van der Waals surface area contributed by atoms with Crippen LogP contribution in [0.3, 0.4) is 0 Å². The number of nitrogens with zero attached hydrogens (tertiary/aromatic N) is 3. The number of halogens is 2. The summed E-state index contributed by atoms with van der Waals surface area (Å²) in [5, 5.41) is 4.08. The van der Waals surface area contributed by atoms with E-state index in [2.05, 4.69) is 21.4 Å². The van der Waals surface area contributed by atoms with Crippen molar-refractivity contribution in [3.8, 4) is 0 Å². The third-order valence-corrected chi connectivity index (χ3v) is 5.97. The van der Waals surface area contributed by atoms with Crippen molar-refractivity contribution in [2.75, 3.05) is 0 Å². The number of pyridine rings is 1. The summed E-state index contributed by atoms with van der Waals surface area (Å²) in [5.74, 6) is -0.192. The lowest BCUT2D eigenvalue weighted by Crippen LogP contribution is -2.33. The SMILES string of the molecule is C[C@@H](NC(=O)C1=Nc2cc3c(cc2C1)CN=C3c1ccncc1)c1cc(Cl)cc(Cl)c1. The molecule has 0 aliphatic carbocycles. The Balaban J connectivity index is 1.37.